The fourth-order valence-corrected chi connectivity index (χ4v) is 3.17. The van der Waals surface area contributed by atoms with Crippen molar-refractivity contribution in [3.05, 3.63) is 72.3 Å². The molecular weight excluding hydrogens is 390 g/mol. The first-order chi connectivity index (χ1) is 14.7. The zero-order chi connectivity index (χ0) is 20.5. The van der Waals surface area contributed by atoms with E-state index in [1.54, 1.807) is 48.5 Å². The molecule has 6 heteroatoms. The highest BCUT2D eigenvalue weighted by Gasteiger charge is 2.24. The molecule has 5 rings (SSSR count). The average Bonchev–Trinajstić information content (AvgIpc) is 3.67. The van der Waals surface area contributed by atoms with Gasteiger partial charge in [0.2, 0.25) is 0 Å². The third-order valence-electron chi connectivity index (χ3n) is 5.06. The molecule has 3 aromatic rings. The third-order valence-corrected chi connectivity index (χ3v) is 5.06. The second-order valence-corrected chi connectivity index (χ2v) is 7.39. The normalized spacial score (nSPS) is 19.4. The van der Waals surface area contributed by atoms with Crippen LogP contribution in [-0.4, -0.2) is 38.6 Å². The first-order valence-corrected chi connectivity index (χ1v) is 9.84. The molecule has 0 bridgehead atoms. The Balaban J connectivity index is 1.31. The summed E-state index contributed by atoms with van der Waals surface area (Å²) in [5.74, 6) is 0.263. The van der Waals surface area contributed by atoms with E-state index in [9.17, 15) is 8.78 Å². The predicted molar refractivity (Wildman–Crippen MR) is 108 cm³/mol. The first kappa shape index (κ1) is 19.0. The van der Waals surface area contributed by atoms with Gasteiger partial charge in [0.25, 0.3) is 0 Å². The summed E-state index contributed by atoms with van der Waals surface area (Å²) in [6.45, 7) is 2.34. The fraction of sp³-hybridized carbons (Fsp3) is 0.250. The van der Waals surface area contributed by atoms with Crippen LogP contribution in [-0.2, 0) is 9.47 Å². The van der Waals surface area contributed by atoms with Gasteiger partial charge in [-0.3, -0.25) is 0 Å². The summed E-state index contributed by atoms with van der Waals surface area (Å²) in [6.07, 6.45) is 0.283. The van der Waals surface area contributed by atoms with E-state index < -0.39 is 11.6 Å². The fourth-order valence-electron chi connectivity index (χ4n) is 3.17. The van der Waals surface area contributed by atoms with Crippen LogP contribution in [0.15, 0.2) is 60.7 Å². The van der Waals surface area contributed by atoms with Gasteiger partial charge in [0.05, 0.1) is 13.2 Å². The molecule has 4 nitrogen and oxygen atoms in total. The van der Waals surface area contributed by atoms with Crippen LogP contribution in [0.1, 0.15) is 0 Å². The van der Waals surface area contributed by atoms with Gasteiger partial charge in [0, 0.05) is 17.2 Å². The van der Waals surface area contributed by atoms with Gasteiger partial charge in [-0.25, -0.2) is 8.78 Å². The highest BCUT2D eigenvalue weighted by atomic mass is 19.1. The number of hydrogen-bond donors (Lipinski definition) is 0. The molecule has 0 amide bonds. The van der Waals surface area contributed by atoms with E-state index in [0.29, 0.717) is 48.0 Å². The lowest BCUT2D eigenvalue weighted by molar-refractivity contribution is 0.262. The molecule has 0 spiro atoms. The maximum atomic E-state index is 14.8. The smallest absolute Gasteiger partial charge is 0.134 e. The summed E-state index contributed by atoms with van der Waals surface area (Å²) < 4.78 is 50.6. The Bertz CT molecular complexity index is 1040. The third kappa shape index (κ3) is 4.45. The number of epoxide rings is 2. The standard InChI is InChI=1S/C24H20F2O4/c25-23-9-16(22-8-6-18(10-24(22)26)28-12-20-14-30-20)3-7-21(23)15-1-4-17(5-2-15)27-11-19-13-29-19/h1-10,19-20H,11-14H2. The molecule has 154 valence electrons. The van der Waals surface area contributed by atoms with E-state index >= 15 is 0 Å². The Kier molecular flexibility index (Phi) is 5.11. The second-order valence-electron chi connectivity index (χ2n) is 7.39. The van der Waals surface area contributed by atoms with E-state index in [-0.39, 0.29) is 12.2 Å². The predicted octanol–water partition coefficient (Wildman–Crippen LogP) is 4.85. The summed E-state index contributed by atoms with van der Waals surface area (Å²) in [5.41, 5.74) is 1.96. The Morgan fingerprint density at radius 1 is 0.667 bits per heavy atom. The van der Waals surface area contributed by atoms with Gasteiger partial charge in [0.15, 0.2) is 0 Å². The minimum Gasteiger partial charge on any atom is -0.491 e. The van der Waals surface area contributed by atoms with Crippen molar-refractivity contribution >= 4 is 0 Å². The Labute approximate surface area is 173 Å². The van der Waals surface area contributed by atoms with E-state index in [4.69, 9.17) is 18.9 Å². The number of rotatable bonds is 8. The Morgan fingerprint density at radius 3 is 1.77 bits per heavy atom. The van der Waals surface area contributed by atoms with E-state index in [1.165, 1.54) is 12.1 Å². The highest BCUT2D eigenvalue weighted by Crippen LogP contribution is 2.32. The number of halogens is 2. The molecule has 0 radical (unpaired) electrons. The highest BCUT2D eigenvalue weighted by molar-refractivity contribution is 5.72. The molecule has 0 aromatic heterocycles. The molecule has 2 aliphatic heterocycles. The van der Waals surface area contributed by atoms with E-state index in [1.807, 2.05) is 0 Å². The first-order valence-electron chi connectivity index (χ1n) is 9.84. The van der Waals surface area contributed by atoms with Crippen molar-refractivity contribution in [2.75, 3.05) is 26.4 Å². The molecule has 0 N–H and O–H groups in total. The molecule has 0 aliphatic carbocycles. The lowest BCUT2D eigenvalue weighted by Gasteiger charge is -2.10. The summed E-state index contributed by atoms with van der Waals surface area (Å²) >= 11 is 0. The van der Waals surface area contributed by atoms with Crippen LogP contribution >= 0.6 is 0 Å². The van der Waals surface area contributed by atoms with Crippen LogP contribution < -0.4 is 9.47 Å². The topological polar surface area (TPSA) is 43.5 Å². The van der Waals surface area contributed by atoms with Gasteiger partial charge in [-0.15, -0.1) is 0 Å². The molecule has 0 saturated carbocycles. The van der Waals surface area contributed by atoms with Crippen LogP contribution in [0.3, 0.4) is 0 Å². The van der Waals surface area contributed by atoms with Crippen LogP contribution in [0.25, 0.3) is 22.3 Å². The van der Waals surface area contributed by atoms with Crippen molar-refractivity contribution in [3.8, 4) is 33.8 Å². The van der Waals surface area contributed by atoms with Crippen molar-refractivity contribution in [3.63, 3.8) is 0 Å². The Morgan fingerprint density at radius 2 is 1.17 bits per heavy atom. The van der Waals surface area contributed by atoms with Crippen molar-refractivity contribution in [2.24, 2.45) is 0 Å². The lowest BCUT2D eigenvalue weighted by Crippen LogP contribution is -2.04. The van der Waals surface area contributed by atoms with Gasteiger partial charge >= 0.3 is 0 Å². The Hall–Kier alpha value is -2.96. The van der Waals surface area contributed by atoms with Crippen LogP contribution in [0, 0.1) is 11.6 Å². The van der Waals surface area contributed by atoms with Crippen molar-refractivity contribution in [2.45, 2.75) is 12.2 Å². The van der Waals surface area contributed by atoms with Gasteiger partial charge in [-0.2, -0.15) is 0 Å². The summed E-state index contributed by atoms with van der Waals surface area (Å²) in [4.78, 5) is 0. The molecule has 3 aromatic carbocycles. The maximum absolute atomic E-state index is 14.8. The summed E-state index contributed by atoms with van der Waals surface area (Å²) in [7, 11) is 0. The van der Waals surface area contributed by atoms with E-state index in [2.05, 4.69) is 0 Å². The average molecular weight is 410 g/mol. The van der Waals surface area contributed by atoms with Gasteiger partial charge in [0.1, 0.15) is 48.6 Å². The quantitative estimate of drug-likeness (QED) is 0.498. The minimum atomic E-state index is -0.461. The van der Waals surface area contributed by atoms with Crippen LogP contribution in [0.4, 0.5) is 8.78 Å². The molecule has 30 heavy (non-hydrogen) atoms. The monoisotopic (exact) mass is 410 g/mol. The molecule has 2 heterocycles. The SMILES string of the molecule is Fc1cc(OCC2CO2)ccc1-c1ccc(-c2ccc(OCC3CO3)cc2)c(F)c1. The zero-order valence-electron chi connectivity index (χ0n) is 16.1. The van der Waals surface area contributed by atoms with Gasteiger partial charge in [-0.1, -0.05) is 24.3 Å². The number of ether oxygens (including phenoxy) is 4. The molecule has 2 aliphatic rings. The van der Waals surface area contributed by atoms with Crippen LogP contribution in [0.2, 0.25) is 0 Å². The molecule has 2 unspecified atom stereocenters. The number of hydrogen-bond acceptors (Lipinski definition) is 4. The molecule has 2 fully saturated rings. The van der Waals surface area contributed by atoms with E-state index in [0.717, 1.165) is 12.2 Å². The van der Waals surface area contributed by atoms with Crippen molar-refractivity contribution in [1.82, 2.24) is 0 Å². The maximum Gasteiger partial charge on any atom is 0.134 e. The van der Waals surface area contributed by atoms with Gasteiger partial charge < -0.3 is 18.9 Å². The minimum absolute atomic E-state index is 0.0993. The van der Waals surface area contributed by atoms with Crippen LogP contribution in [0.5, 0.6) is 11.5 Å². The second kappa shape index (κ2) is 8.05. The largest absolute Gasteiger partial charge is 0.491 e. The summed E-state index contributed by atoms with van der Waals surface area (Å²) in [6, 6.07) is 16.5. The molecule has 2 atom stereocenters. The summed E-state index contributed by atoms with van der Waals surface area (Å²) in [5, 5.41) is 0. The van der Waals surface area contributed by atoms with Crippen molar-refractivity contribution < 1.29 is 27.7 Å². The number of benzene rings is 3. The van der Waals surface area contributed by atoms with Gasteiger partial charge in [-0.05, 0) is 41.5 Å². The lowest BCUT2D eigenvalue weighted by atomic mass is 9.99. The zero-order valence-corrected chi connectivity index (χ0v) is 16.1. The molecule has 2 saturated heterocycles. The molecular formula is C24H20F2O4. The van der Waals surface area contributed by atoms with Crippen molar-refractivity contribution in [1.29, 1.82) is 0 Å².